The minimum absolute atomic E-state index is 0.198. The lowest BCUT2D eigenvalue weighted by atomic mass is 10.1. The summed E-state index contributed by atoms with van der Waals surface area (Å²) in [7, 11) is 0. The molecular weight excluding hydrogens is 339 g/mol. The number of benzene rings is 2. The van der Waals surface area contributed by atoms with Gasteiger partial charge in [-0.25, -0.2) is 4.39 Å². The van der Waals surface area contributed by atoms with Crippen molar-refractivity contribution in [3.63, 3.8) is 0 Å². The standard InChI is InChI=1S/C19H19FN2O2S/c1-2-11-21-19(24)16-5-3-4-6-17(16)22-18(23)13-25-12-14-7-9-15(20)10-8-14/h2-10H,1,11-13H2,(H,21,24)(H,22,23). The summed E-state index contributed by atoms with van der Waals surface area (Å²) in [6.07, 6.45) is 1.59. The summed E-state index contributed by atoms with van der Waals surface area (Å²) in [4.78, 5) is 24.2. The van der Waals surface area contributed by atoms with E-state index in [1.165, 1.54) is 23.9 Å². The van der Waals surface area contributed by atoms with E-state index in [0.717, 1.165) is 5.56 Å². The highest BCUT2D eigenvalue weighted by Gasteiger charge is 2.12. The van der Waals surface area contributed by atoms with E-state index in [9.17, 15) is 14.0 Å². The van der Waals surface area contributed by atoms with Gasteiger partial charge in [-0.3, -0.25) is 9.59 Å². The Balaban J connectivity index is 1.88. The molecule has 2 aromatic carbocycles. The van der Waals surface area contributed by atoms with E-state index in [0.29, 0.717) is 23.5 Å². The molecular formula is C19H19FN2O2S. The molecule has 130 valence electrons. The molecule has 2 rings (SSSR count). The third-order valence-electron chi connectivity index (χ3n) is 3.27. The van der Waals surface area contributed by atoms with Gasteiger partial charge in [0, 0.05) is 12.3 Å². The number of amides is 2. The smallest absolute Gasteiger partial charge is 0.253 e. The zero-order valence-corrected chi connectivity index (χ0v) is 14.4. The van der Waals surface area contributed by atoms with Gasteiger partial charge in [0.15, 0.2) is 0 Å². The van der Waals surface area contributed by atoms with Crippen LogP contribution in [0.2, 0.25) is 0 Å². The van der Waals surface area contributed by atoms with Crippen LogP contribution in [0.15, 0.2) is 61.2 Å². The molecule has 0 aliphatic heterocycles. The second-order valence-electron chi connectivity index (χ2n) is 5.21. The lowest BCUT2D eigenvalue weighted by molar-refractivity contribution is -0.113. The van der Waals surface area contributed by atoms with Crippen molar-refractivity contribution < 1.29 is 14.0 Å². The summed E-state index contributed by atoms with van der Waals surface area (Å²) in [6, 6.07) is 13.0. The number of hydrogen-bond acceptors (Lipinski definition) is 3. The predicted octanol–water partition coefficient (Wildman–Crippen LogP) is 3.61. The summed E-state index contributed by atoms with van der Waals surface area (Å²) >= 11 is 1.42. The minimum atomic E-state index is -0.280. The lowest BCUT2D eigenvalue weighted by Gasteiger charge is -2.10. The van der Waals surface area contributed by atoms with E-state index in [4.69, 9.17) is 0 Å². The molecule has 0 spiro atoms. The lowest BCUT2D eigenvalue weighted by Crippen LogP contribution is -2.25. The Labute approximate surface area is 150 Å². The molecule has 2 aromatic rings. The molecule has 0 unspecified atom stereocenters. The van der Waals surface area contributed by atoms with Gasteiger partial charge in [0.25, 0.3) is 5.91 Å². The molecule has 0 aromatic heterocycles. The molecule has 2 N–H and O–H groups in total. The normalized spacial score (nSPS) is 10.1. The zero-order valence-electron chi connectivity index (χ0n) is 13.6. The van der Waals surface area contributed by atoms with E-state index in [1.807, 2.05) is 0 Å². The molecule has 0 aliphatic rings. The molecule has 4 nitrogen and oxygen atoms in total. The number of carbonyl (C=O) groups is 2. The molecule has 0 bridgehead atoms. The largest absolute Gasteiger partial charge is 0.349 e. The van der Waals surface area contributed by atoms with Crippen molar-refractivity contribution in [2.45, 2.75) is 5.75 Å². The fourth-order valence-corrected chi connectivity index (χ4v) is 2.87. The number of halogens is 1. The van der Waals surface area contributed by atoms with Gasteiger partial charge >= 0.3 is 0 Å². The van der Waals surface area contributed by atoms with Crippen LogP contribution in [0.5, 0.6) is 0 Å². The molecule has 0 aliphatic carbocycles. The summed E-state index contributed by atoms with van der Waals surface area (Å²) in [5, 5.41) is 5.44. The fourth-order valence-electron chi connectivity index (χ4n) is 2.08. The Morgan fingerprint density at radius 2 is 1.84 bits per heavy atom. The van der Waals surface area contributed by atoms with E-state index in [1.54, 1.807) is 42.5 Å². The van der Waals surface area contributed by atoms with Gasteiger partial charge in [-0.05, 0) is 29.8 Å². The van der Waals surface area contributed by atoms with Crippen LogP contribution in [-0.4, -0.2) is 24.1 Å². The summed E-state index contributed by atoms with van der Waals surface area (Å²) in [5.74, 6) is 0.0958. The molecule has 6 heteroatoms. The number of rotatable bonds is 8. The van der Waals surface area contributed by atoms with E-state index in [2.05, 4.69) is 17.2 Å². The van der Waals surface area contributed by atoms with Gasteiger partial charge in [-0.1, -0.05) is 30.3 Å². The van der Waals surface area contributed by atoms with Crippen molar-refractivity contribution in [1.29, 1.82) is 0 Å². The van der Waals surface area contributed by atoms with Crippen LogP contribution in [0.25, 0.3) is 0 Å². The van der Waals surface area contributed by atoms with Crippen LogP contribution in [0, 0.1) is 5.82 Å². The molecule has 2 amide bonds. The first-order valence-corrected chi connectivity index (χ1v) is 8.86. The Morgan fingerprint density at radius 1 is 1.12 bits per heavy atom. The van der Waals surface area contributed by atoms with Crippen LogP contribution in [0.3, 0.4) is 0 Å². The second kappa shape index (κ2) is 9.64. The number of thioether (sulfide) groups is 1. The quantitative estimate of drug-likeness (QED) is 0.709. The van der Waals surface area contributed by atoms with Crippen molar-refractivity contribution in [3.05, 3.63) is 78.1 Å². The van der Waals surface area contributed by atoms with Crippen LogP contribution in [-0.2, 0) is 10.5 Å². The fraction of sp³-hybridized carbons (Fsp3) is 0.158. The SMILES string of the molecule is C=CCNC(=O)c1ccccc1NC(=O)CSCc1ccc(F)cc1. The van der Waals surface area contributed by atoms with Crippen LogP contribution in [0.4, 0.5) is 10.1 Å². The van der Waals surface area contributed by atoms with Gasteiger partial charge < -0.3 is 10.6 Å². The molecule has 0 atom stereocenters. The van der Waals surface area contributed by atoms with Crippen molar-refractivity contribution >= 4 is 29.3 Å². The third-order valence-corrected chi connectivity index (χ3v) is 4.27. The Bertz CT molecular complexity index is 747. The molecule has 0 saturated carbocycles. The van der Waals surface area contributed by atoms with Gasteiger partial charge in [0.2, 0.25) is 5.91 Å². The number of hydrogen-bond donors (Lipinski definition) is 2. The van der Waals surface area contributed by atoms with Crippen molar-refractivity contribution in [2.75, 3.05) is 17.6 Å². The van der Waals surface area contributed by atoms with E-state index < -0.39 is 0 Å². The van der Waals surface area contributed by atoms with Gasteiger partial charge in [0.05, 0.1) is 17.0 Å². The highest BCUT2D eigenvalue weighted by molar-refractivity contribution is 7.99. The topological polar surface area (TPSA) is 58.2 Å². The number of nitrogens with one attached hydrogen (secondary N) is 2. The first kappa shape index (κ1) is 18.7. The average Bonchev–Trinajstić information content (AvgIpc) is 2.62. The number of para-hydroxylation sites is 1. The Hall–Kier alpha value is -2.60. The Morgan fingerprint density at radius 3 is 2.56 bits per heavy atom. The van der Waals surface area contributed by atoms with E-state index in [-0.39, 0.29) is 23.4 Å². The average molecular weight is 358 g/mol. The Kier molecular flexibility index (Phi) is 7.22. The zero-order chi connectivity index (χ0) is 18.1. The van der Waals surface area contributed by atoms with E-state index >= 15 is 0 Å². The molecule has 0 radical (unpaired) electrons. The maximum absolute atomic E-state index is 12.9. The predicted molar refractivity (Wildman–Crippen MR) is 100 cm³/mol. The first-order chi connectivity index (χ1) is 12.1. The number of anilines is 1. The maximum atomic E-state index is 12.9. The maximum Gasteiger partial charge on any atom is 0.253 e. The van der Waals surface area contributed by atoms with Gasteiger partial charge in [-0.15, -0.1) is 18.3 Å². The van der Waals surface area contributed by atoms with Gasteiger partial charge in [0.1, 0.15) is 5.82 Å². The monoisotopic (exact) mass is 358 g/mol. The van der Waals surface area contributed by atoms with Crippen molar-refractivity contribution in [2.24, 2.45) is 0 Å². The molecule has 0 heterocycles. The summed E-state index contributed by atoms with van der Waals surface area (Å²) in [5.41, 5.74) is 1.82. The van der Waals surface area contributed by atoms with Crippen LogP contribution < -0.4 is 10.6 Å². The number of carbonyl (C=O) groups excluding carboxylic acids is 2. The first-order valence-electron chi connectivity index (χ1n) is 7.70. The minimum Gasteiger partial charge on any atom is -0.349 e. The van der Waals surface area contributed by atoms with Gasteiger partial charge in [-0.2, -0.15) is 0 Å². The van der Waals surface area contributed by atoms with Crippen LogP contribution >= 0.6 is 11.8 Å². The third kappa shape index (κ3) is 6.08. The molecule has 0 saturated heterocycles. The van der Waals surface area contributed by atoms with Crippen LogP contribution in [0.1, 0.15) is 15.9 Å². The second-order valence-corrected chi connectivity index (χ2v) is 6.20. The van der Waals surface area contributed by atoms with Crippen molar-refractivity contribution in [1.82, 2.24) is 5.32 Å². The highest BCUT2D eigenvalue weighted by atomic mass is 32.2. The van der Waals surface area contributed by atoms with Crippen molar-refractivity contribution in [3.8, 4) is 0 Å². The molecule has 25 heavy (non-hydrogen) atoms. The summed E-state index contributed by atoms with van der Waals surface area (Å²) < 4.78 is 12.9. The highest BCUT2D eigenvalue weighted by Crippen LogP contribution is 2.17. The summed E-state index contributed by atoms with van der Waals surface area (Å²) in [6.45, 7) is 3.91. The molecule has 0 fully saturated rings.